The molecule has 0 saturated carbocycles. The zero-order valence-electron chi connectivity index (χ0n) is 15.6. The summed E-state index contributed by atoms with van der Waals surface area (Å²) in [6.45, 7) is 9.47. The highest BCUT2D eigenvalue weighted by molar-refractivity contribution is 5.89. The van der Waals surface area contributed by atoms with Crippen molar-refractivity contribution >= 4 is 17.4 Å². The lowest BCUT2D eigenvalue weighted by Crippen LogP contribution is -2.50. The standard InChI is InChI=1S/C21H26FN3O/c1-21(2,3)16-7-9-19(10-8-16)24-11-13-25(14-12-24)20(26)23-18-6-4-5-17(22)15-18/h4-10,15H,11-14H2,1-3H3,(H,23,26). The predicted octanol–water partition coefficient (Wildman–Crippen LogP) is 4.48. The summed E-state index contributed by atoms with van der Waals surface area (Å²) >= 11 is 0. The zero-order chi connectivity index (χ0) is 18.7. The Labute approximate surface area is 154 Å². The van der Waals surface area contributed by atoms with Gasteiger partial charge in [-0.05, 0) is 41.3 Å². The number of hydrogen-bond donors (Lipinski definition) is 1. The summed E-state index contributed by atoms with van der Waals surface area (Å²) < 4.78 is 13.2. The van der Waals surface area contributed by atoms with E-state index >= 15 is 0 Å². The number of hydrogen-bond acceptors (Lipinski definition) is 2. The van der Waals surface area contributed by atoms with E-state index < -0.39 is 0 Å². The van der Waals surface area contributed by atoms with Crippen LogP contribution in [0.15, 0.2) is 48.5 Å². The van der Waals surface area contributed by atoms with Gasteiger partial charge >= 0.3 is 6.03 Å². The molecule has 1 saturated heterocycles. The molecule has 1 aliphatic rings. The van der Waals surface area contributed by atoms with Gasteiger partial charge in [-0.1, -0.05) is 39.0 Å². The van der Waals surface area contributed by atoms with Crippen LogP contribution in [0.3, 0.4) is 0 Å². The minimum Gasteiger partial charge on any atom is -0.368 e. The second-order valence-electron chi connectivity index (χ2n) is 7.71. The van der Waals surface area contributed by atoms with Crippen LogP contribution in [0.2, 0.25) is 0 Å². The summed E-state index contributed by atoms with van der Waals surface area (Å²) in [4.78, 5) is 16.4. The number of urea groups is 1. The maximum absolute atomic E-state index is 13.2. The Bertz CT molecular complexity index is 760. The molecule has 0 aliphatic carbocycles. The van der Waals surface area contributed by atoms with Crippen LogP contribution in [0.1, 0.15) is 26.3 Å². The van der Waals surface area contributed by atoms with Gasteiger partial charge in [0.25, 0.3) is 0 Å². The van der Waals surface area contributed by atoms with Gasteiger partial charge in [0.15, 0.2) is 0 Å². The fourth-order valence-electron chi connectivity index (χ4n) is 3.11. The van der Waals surface area contributed by atoms with Gasteiger partial charge in [0.05, 0.1) is 0 Å². The van der Waals surface area contributed by atoms with Crippen LogP contribution in [-0.4, -0.2) is 37.1 Å². The van der Waals surface area contributed by atoms with E-state index in [1.54, 1.807) is 17.0 Å². The first kappa shape index (κ1) is 18.2. The molecular formula is C21H26FN3O. The predicted molar refractivity (Wildman–Crippen MR) is 104 cm³/mol. The van der Waals surface area contributed by atoms with Gasteiger partial charge in [-0.15, -0.1) is 0 Å². The number of carbonyl (C=O) groups excluding carboxylic acids is 1. The average molecular weight is 355 g/mol. The molecule has 1 N–H and O–H groups in total. The molecule has 5 heteroatoms. The lowest BCUT2D eigenvalue weighted by atomic mass is 9.87. The number of anilines is 2. The van der Waals surface area contributed by atoms with Gasteiger partial charge in [0.2, 0.25) is 0 Å². The summed E-state index contributed by atoms with van der Waals surface area (Å²) in [5, 5.41) is 2.76. The molecule has 1 heterocycles. The molecule has 2 aromatic rings. The number of rotatable bonds is 2. The molecule has 0 radical (unpaired) electrons. The normalized spacial score (nSPS) is 15.1. The van der Waals surface area contributed by atoms with E-state index in [-0.39, 0.29) is 17.3 Å². The van der Waals surface area contributed by atoms with E-state index in [0.29, 0.717) is 18.8 Å². The molecule has 0 spiro atoms. The molecule has 0 unspecified atom stereocenters. The molecule has 3 rings (SSSR count). The summed E-state index contributed by atoms with van der Waals surface area (Å²) in [5.41, 5.74) is 3.12. The first-order valence-electron chi connectivity index (χ1n) is 9.00. The lowest BCUT2D eigenvalue weighted by Gasteiger charge is -2.36. The van der Waals surface area contributed by atoms with Crippen molar-refractivity contribution in [2.75, 3.05) is 36.4 Å². The van der Waals surface area contributed by atoms with Crippen LogP contribution in [0, 0.1) is 5.82 Å². The van der Waals surface area contributed by atoms with Crippen molar-refractivity contribution < 1.29 is 9.18 Å². The Hall–Kier alpha value is -2.56. The highest BCUT2D eigenvalue weighted by atomic mass is 19.1. The van der Waals surface area contributed by atoms with Gasteiger partial charge in [-0.3, -0.25) is 0 Å². The van der Waals surface area contributed by atoms with E-state index in [0.717, 1.165) is 13.1 Å². The number of carbonyl (C=O) groups is 1. The molecule has 1 fully saturated rings. The number of piperazine rings is 1. The summed E-state index contributed by atoms with van der Waals surface area (Å²) in [6, 6.07) is 14.4. The van der Waals surface area contributed by atoms with Crippen LogP contribution >= 0.6 is 0 Å². The molecule has 2 amide bonds. The van der Waals surface area contributed by atoms with Crippen molar-refractivity contribution in [3.63, 3.8) is 0 Å². The number of amides is 2. The Kier molecular flexibility index (Phi) is 5.16. The Morgan fingerprint density at radius 3 is 2.23 bits per heavy atom. The quantitative estimate of drug-likeness (QED) is 0.862. The molecule has 0 atom stereocenters. The molecule has 0 bridgehead atoms. The van der Waals surface area contributed by atoms with Gasteiger partial charge in [0.1, 0.15) is 5.82 Å². The molecule has 4 nitrogen and oxygen atoms in total. The number of halogens is 1. The average Bonchev–Trinajstić information content (AvgIpc) is 2.61. The third-order valence-corrected chi connectivity index (χ3v) is 4.74. The van der Waals surface area contributed by atoms with Gasteiger partial charge in [-0.2, -0.15) is 0 Å². The summed E-state index contributed by atoms with van der Waals surface area (Å²) in [5.74, 6) is -0.355. The lowest BCUT2D eigenvalue weighted by molar-refractivity contribution is 0.208. The van der Waals surface area contributed by atoms with Crippen molar-refractivity contribution in [1.82, 2.24) is 4.90 Å². The van der Waals surface area contributed by atoms with E-state index in [1.807, 2.05) is 0 Å². The van der Waals surface area contributed by atoms with Crippen LogP contribution in [0.5, 0.6) is 0 Å². The molecule has 138 valence electrons. The smallest absolute Gasteiger partial charge is 0.321 e. The van der Waals surface area contributed by atoms with Crippen LogP contribution in [0.25, 0.3) is 0 Å². The second-order valence-corrected chi connectivity index (χ2v) is 7.71. The third-order valence-electron chi connectivity index (χ3n) is 4.74. The molecule has 1 aliphatic heterocycles. The topological polar surface area (TPSA) is 35.6 Å². The molecule has 2 aromatic carbocycles. The zero-order valence-corrected chi connectivity index (χ0v) is 15.6. The Balaban J connectivity index is 1.56. The van der Waals surface area contributed by atoms with Crippen molar-refractivity contribution in [3.05, 3.63) is 59.9 Å². The van der Waals surface area contributed by atoms with Crippen LogP contribution in [0.4, 0.5) is 20.6 Å². The SMILES string of the molecule is CC(C)(C)c1ccc(N2CCN(C(=O)Nc3cccc(F)c3)CC2)cc1. The minimum absolute atomic E-state index is 0.145. The van der Waals surface area contributed by atoms with Gasteiger partial charge < -0.3 is 15.1 Å². The number of nitrogens with one attached hydrogen (secondary N) is 1. The summed E-state index contributed by atoms with van der Waals surface area (Å²) in [6.07, 6.45) is 0. The third kappa shape index (κ3) is 4.34. The first-order chi connectivity index (χ1) is 12.3. The Morgan fingerprint density at radius 1 is 1.00 bits per heavy atom. The largest absolute Gasteiger partial charge is 0.368 e. The minimum atomic E-state index is -0.355. The molecule has 26 heavy (non-hydrogen) atoms. The highest BCUT2D eigenvalue weighted by Gasteiger charge is 2.22. The highest BCUT2D eigenvalue weighted by Crippen LogP contribution is 2.25. The van der Waals surface area contributed by atoms with Crippen LogP contribution in [-0.2, 0) is 5.41 Å². The summed E-state index contributed by atoms with van der Waals surface area (Å²) in [7, 11) is 0. The number of nitrogens with zero attached hydrogens (tertiary/aromatic N) is 2. The maximum atomic E-state index is 13.2. The van der Waals surface area contributed by atoms with E-state index in [2.05, 4.69) is 55.3 Å². The van der Waals surface area contributed by atoms with Crippen molar-refractivity contribution in [1.29, 1.82) is 0 Å². The van der Waals surface area contributed by atoms with Crippen LogP contribution < -0.4 is 10.2 Å². The fraction of sp³-hybridized carbons (Fsp3) is 0.381. The van der Waals surface area contributed by atoms with Crippen molar-refractivity contribution in [2.24, 2.45) is 0 Å². The maximum Gasteiger partial charge on any atom is 0.321 e. The van der Waals surface area contributed by atoms with E-state index in [9.17, 15) is 9.18 Å². The monoisotopic (exact) mass is 355 g/mol. The van der Waals surface area contributed by atoms with E-state index in [4.69, 9.17) is 0 Å². The first-order valence-corrected chi connectivity index (χ1v) is 9.00. The number of benzene rings is 2. The van der Waals surface area contributed by atoms with Gasteiger partial charge in [0, 0.05) is 37.6 Å². The van der Waals surface area contributed by atoms with Crippen molar-refractivity contribution in [2.45, 2.75) is 26.2 Å². The molecular weight excluding hydrogens is 329 g/mol. The Morgan fingerprint density at radius 2 is 1.65 bits per heavy atom. The van der Waals surface area contributed by atoms with Crippen molar-refractivity contribution in [3.8, 4) is 0 Å². The van der Waals surface area contributed by atoms with E-state index in [1.165, 1.54) is 23.4 Å². The van der Waals surface area contributed by atoms with Gasteiger partial charge in [-0.25, -0.2) is 9.18 Å². The second kappa shape index (κ2) is 7.36. The fourth-order valence-corrected chi connectivity index (χ4v) is 3.11. The molecule has 0 aromatic heterocycles.